The van der Waals surface area contributed by atoms with Crippen molar-refractivity contribution in [3.05, 3.63) is 35.5 Å². The average Bonchev–Trinajstić information content (AvgIpc) is 3.18. The van der Waals surface area contributed by atoms with Gasteiger partial charge in [0.1, 0.15) is 11.0 Å². The van der Waals surface area contributed by atoms with E-state index in [0.717, 1.165) is 24.3 Å². The van der Waals surface area contributed by atoms with Crippen molar-refractivity contribution in [2.75, 3.05) is 31.1 Å². The van der Waals surface area contributed by atoms with Crippen molar-refractivity contribution >= 4 is 28.2 Å². The Kier molecular flexibility index (Phi) is 3.48. The summed E-state index contributed by atoms with van der Waals surface area (Å²) >= 11 is 6.36. The van der Waals surface area contributed by atoms with Crippen LogP contribution in [-0.2, 0) is 0 Å². The number of pyridine rings is 1. The summed E-state index contributed by atoms with van der Waals surface area (Å²) in [5, 5.41) is 2.84. The monoisotopic (exact) mass is 301 g/mol. The van der Waals surface area contributed by atoms with E-state index in [1.165, 1.54) is 37.7 Å². The van der Waals surface area contributed by atoms with Crippen molar-refractivity contribution in [3.63, 3.8) is 0 Å². The number of rotatable bonds is 2. The second-order valence-electron chi connectivity index (χ2n) is 6.12. The van der Waals surface area contributed by atoms with Crippen LogP contribution in [0.25, 0.3) is 10.8 Å². The highest BCUT2D eigenvalue weighted by Gasteiger charge is 2.30. The van der Waals surface area contributed by atoms with Crippen molar-refractivity contribution in [1.82, 2.24) is 9.88 Å². The first-order valence-electron chi connectivity index (χ1n) is 7.85. The second kappa shape index (κ2) is 5.47. The number of fused-ring (bicyclic) bond motifs is 1. The Morgan fingerprint density at radius 3 is 2.76 bits per heavy atom. The minimum absolute atomic E-state index is 0.618. The number of hydrogen-bond donors (Lipinski definition) is 0. The lowest BCUT2D eigenvalue weighted by atomic mass is 10.2. The summed E-state index contributed by atoms with van der Waals surface area (Å²) < 4.78 is 0. The van der Waals surface area contributed by atoms with E-state index < -0.39 is 0 Å². The van der Waals surface area contributed by atoms with Gasteiger partial charge in [-0.1, -0.05) is 35.9 Å². The lowest BCUT2D eigenvalue weighted by Gasteiger charge is -2.24. The molecule has 2 saturated heterocycles. The van der Waals surface area contributed by atoms with Gasteiger partial charge in [0.15, 0.2) is 0 Å². The Bertz CT molecular complexity index is 652. The van der Waals surface area contributed by atoms with Crippen LogP contribution in [0.5, 0.6) is 0 Å². The zero-order valence-corrected chi connectivity index (χ0v) is 12.9. The van der Waals surface area contributed by atoms with Crippen LogP contribution >= 0.6 is 11.6 Å². The molecule has 0 N–H and O–H groups in total. The van der Waals surface area contributed by atoms with Gasteiger partial charge in [-0.15, -0.1) is 0 Å². The number of anilines is 1. The highest BCUT2D eigenvalue weighted by atomic mass is 35.5. The van der Waals surface area contributed by atoms with Crippen LogP contribution < -0.4 is 4.90 Å². The first-order valence-corrected chi connectivity index (χ1v) is 8.23. The molecule has 1 aromatic carbocycles. The van der Waals surface area contributed by atoms with Crippen LogP contribution in [0.3, 0.4) is 0 Å². The van der Waals surface area contributed by atoms with E-state index in [1.54, 1.807) is 0 Å². The molecule has 2 fully saturated rings. The molecule has 0 amide bonds. The van der Waals surface area contributed by atoms with Crippen LogP contribution in [-0.4, -0.2) is 42.1 Å². The lowest BCUT2D eigenvalue weighted by Crippen LogP contribution is -2.35. The number of nitrogens with zero attached hydrogens (tertiary/aromatic N) is 3. The third-order valence-corrected chi connectivity index (χ3v) is 5.11. The molecule has 0 radical (unpaired) electrons. The zero-order chi connectivity index (χ0) is 14.2. The normalized spacial score (nSPS) is 23.3. The van der Waals surface area contributed by atoms with Gasteiger partial charge in [-0.3, -0.25) is 4.90 Å². The maximum atomic E-state index is 6.36. The number of hydrogen-bond acceptors (Lipinski definition) is 3. The molecule has 1 aromatic heterocycles. The van der Waals surface area contributed by atoms with E-state index in [0.29, 0.717) is 11.2 Å². The lowest BCUT2D eigenvalue weighted by molar-refractivity contribution is 0.260. The third-order valence-electron chi connectivity index (χ3n) is 4.82. The molecular formula is C17H20ClN3. The Morgan fingerprint density at radius 1 is 1.10 bits per heavy atom. The van der Waals surface area contributed by atoms with Crippen molar-refractivity contribution < 1.29 is 0 Å². The molecule has 4 rings (SSSR count). The molecule has 2 aromatic rings. The van der Waals surface area contributed by atoms with E-state index in [1.807, 2.05) is 12.1 Å². The number of likely N-dealkylation sites (tertiary alicyclic amines) is 1. The summed E-state index contributed by atoms with van der Waals surface area (Å²) in [5.74, 6) is 1.03. The SMILES string of the molecule is Clc1nc(N2CC[C@@H](N3CCCC3)C2)cc2ccccc12. The number of aromatic nitrogens is 1. The predicted molar refractivity (Wildman–Crippen MR) is 88.2 cm³/mol. The van der Waals surface area contributed by atoms with E-state index >= 15 is 0 Å². The molecule has 0 saturated carbocycles. The summed E-state index contributed by atoms with van der Waals surface area (Å²) in [6, 6.07) is 11.1. The molecule has 2 aliphatic heterocycles. The number of halogens is 1. The first kappa shape index (κ1) is 13.4. The van der Waals surface area contributed by atoms with Gasteiger partial charge in [0.05, 0.1) is 0 Å². The quantitative estimate of drug-likeness (QED) is 0.791. The van der Waals surface area contributed by atoms with Gasteiger partial charge in [-0.2, -0.15) is 0 Å². The molecule has 2 aliphatic rings. The fraction of sp³-hybridized carbons (Fsp3) is 0.471. The minimum atomic E-state index is 0.618. The molecule has 0 aliphatic carbocycles. The number of benzene rings is 1. The predicted octanol–water partition coefficient (Wildman–Crippen LogP) is 3.56. The van der Waals surface area contributed by atoms with Gasteiger partial charge in [0.25, 0.3) is 0 Å². The zero-order valence-electron chi connectivity index (χ0n) is 12.1. The van der Waals surface area contributed by atoms with Crippen LogP contribution in [0.2, 0.25) is 5.15 Å². The Labute approximate surface area is 130 Å². The molecule has 3 heterocycles. The molecule has 21 heavy (non-hydrogen) atoms. The van der Waals surface area contributed by atoms with Crippen LogP contribution in [0.15, 0.2) is 30.3 Å². The molecule has 0 unspecified atom stereocenters. The molecule has 1 atom stereocenters. The highest BCUT2D eigenvalue weighted by Crippen LogP contribution is 2.29. The van der Waals surface area contributed by atoms with Gasteiger partial charge in [-0.05, 0) is 43.8 Å². The summed E-state index contributed by atoms with van der Waals surface area (Å²) in [6.45, 7) is 4.71. The van der Waals surface area contributed by atoms with Crippen molar-refractivity contribution in [3.8, 4) is 0 Å². The van der Waals surface area contributed by atoms with E-state index in [-0.39, 0.29) is 0 Å². The van der Waals surface area contributed by atoms with Gasteiger partial charge in [0.2, 0.25) is 0 Å². The van der Waals surface area contributed by atoms with E-state index in [9.17, 15) is 0 Å². The van der Waals surface area contributed by atoms with E-state index in [2.05, 4.69) is 33.0 Å². The van der Waals surface area contributed by atoms with Crippen molar-refractivity contribution in [2.24, 2.45) is 0 Å². The molecule has 4 heteroatoms. The maximum absolute atomic E-state index is 6.36. The first-order chi connectivity index (χ1) is 10.3. The summed E-state index contributed by atoms with van der Waals surface area (Å²) in [5.41, 5.74) is 0. The molecular weight excluding hydrogens is 282 g/mol. The van der Waals surface area contributed by atoms with Gasteiger partial charge in [-0.25, -0.2) is 4.98 Å². The minimum Gasteiger partial charge on any atom is -0.355 e. The summed E-state index contributed by atoms with van der Waals surface area (Å²) in [6.07, 6.45) is 3.96. The summed E-state index contributed by atoms with van der Waals surface area (Å²) in [7, 11) is 0. The fourth-order valence-corrected chi connectivity index (χ4v) is 3.92. The average molecular weight is 302 g/mol. The Morgan fingerprint density at radius 2 is 1.90 bits per heavy atom. The van der Waals surface area contributed by atoms with Crippen LogP contribution in [0, 0.1) is 0 Å². The maximum Gasteiger partial charge on any atom is 0.139 e. The molecule has 0 bridgehead atoms. The van der Waals surface area contributed by atoms with Crippen LogP contribution in [0.4, 0.5) is 5.82 Å². The highest BCUT2D eigenvalue weighted by molar-refractivity contribution is 6.34. The molecule has 0 spiro atoms. The van der Waals surface area contributed by atoms with Crippen molar-refractivity contribution in [2.45, 2.75) is 25.3 Å². The molecule has 3 nitrogen and oxygen atoms in total. The largest absolute Gasteiger partial charge is 0.355 e. The Hall–Kier alpha value is -1.32. The smallest absolute Gasteiger partial charge is 0.139 e. The fourth-order valence-electron chi connectivity index (χ4n) is 3.66. The van der Waals surface area contributed by atoms with Gasteiger partial charge in [0, 0.05) is 24.5 Å². The third kappa shape index (κ3) is 2.49. The standard InChI is InChI=1S/C17H20ClN3/c18-17-15-6-2-1-5-13(15)11-16(19-17)21-10-7-14(12-21)20-8-3-4-9-20/h1-2,5-6,11,14H,3-4,7-10,12H2/t14-/m1/s1. The van der Waals surface area contributed by atoms with Crippen molar-refractivity contribution in [1.29, 1.82) is 0 Å². The summed E-state index contributed by atoms with van der Waals surface area (Å²) in [4.78, 5) is 9.65. The molecule has 110 valence electrons. The topological polar surface area (TPSA) is 19.4 Å². The van der Waals surface area contributed by atoms with Gasteiger partial charge >= 0.3 is 0 Å². The van der Waals surface area contributed by atoms with E-state index in [4.69, 9.17) is 11.6 Å². The Balaban J connectivity index is 1.59. The second-order valence-corrected chi connectivity index (χ2v) is 6.48. The van der Waals surface area contributed by atoms with Crippen LogP contribution in [0.1, 0.15) is 19.3 Å². The van der Waals surface area contributed by atoms with Gasteiger partial charge < -0.3 is 4.90 Å².